The highest BCUT2D eigenvalue weighted by atomic mass is 35.5. The summed E-state index contributed by atoms with van der Waals surface area (Å²) in [6.45, 7) is 2.99. The first-order chi connectivity index (χ1) is 13.2. The van der Waals surface area contributed by atoms with Crippen molar-refractivity contribution < 1.29 is 0 Å². The predicted molar refractivity (Wildman–Crippen MR) is 107 cm³/mol. The van der Waals surface area contributed by atoms with E-state index in [1.165, 1.54) is 53.7 Å². The van der Waals surface area contributed by atoms with Crippen LogP contribution in [0.15, 0.2) is 36.4 Å². The second-order valence-electron chi connectivity index (χ2n) is 7.70. The molecule has 27 heavy (non-hydrogen) atoms. The highest BCUT2D eigenvalue weighted by Gasteiger charge is 2.45. The maximum absolute atomic E-state index is 6.45. The topological polar surface area (TPSA) is 57.7 Å². The maximum Gasteiger partial charge on any atom is 0.176 e. The smallest absolute Gasteiger partial charge is 0.176 e. The van der Waals surface area contributed by atoms with Crippen molar-refractivity contribution in [1.29, 1.82) is 0 Å². The first kappa shape index (κ1) is 16.8. The lowest BCUT2D eigenvalue weighted by atomic mass is 9.69. The molecule has 0 amide bonds. The zero-order valence-corrected chi connectivity index (χ0v) is 16.1. The van der Waals surface area contributed by atoms with E-state index in [0.717, 1.165) is 23.8 Å². The third-order valence-electron chi connectivity index (χ3n) is 6.13. The third kappa shape index (κ3) is 2.64. The number of hydrogen-bond donors (Lipinski definition) is 1. The van der Waals surface area contributed by atoms with Gasteiger partial charge in [0.05, 0.1) is 0 Å². The third-order valence-corrected chi connectivity index (χ3v) is 6.36. The molecule has 138 valence electrons. The number of aromatic nitrogens is 4. The summed E-state index contributed by atoms with van der Waals surface area (Å²) >= 11 is 6.45. The minimum Gasteiger partial charge on any atom is -0.341 e. The summed E-state index contributed by atoms with van der Waals surface area (Å²) in [5, 5.41) is 15.3. The number of tetrazole rings is 1. The van der Waals surface area contributed by atoms with E-state index in [-0.39, 0.29) is 5.41 Å². The number of aromatic amines is 1. The Labute approximate surface area is 163 Å². The monoisotopic (exact) mass is 379 g/mol. The molecule has 1 saturated carbocycles. The fraction of sp³-hybridized carbons (Fsp3) is 0.381. The van der Waals surface area contributed by atoms with Crippen LogP contribution in [0, 0.1) is 6.92 Å². The van der Waals surface area contributed by atoms with Crippen LogP contribution in [0.3, 0.4) is 0 Å². The van der Waals surface area contributed by atoms with Crippen molar-refractivity contribution in [3.05, 3.63) is 63.9 Å². The summed E-state index contributed by atoms with van der Waals surface area (Å²) in [5.74, 6) is 0.736. The number of rotatable bonds is 3. The molecule has 0 bridgehead atoms. The van der Waals surface area contributed by atoms with E-state index in [0.29, 0.717) is 0 Å². The predicted octanol–water partition coefficient (Wildman–Crippen LogP) is 4.72. The Balaban J connectivity index is 1.67. The molecule has 0 saturated heterocycles. The Morgan fingerprint density at radius 3 is 2.56 bits per heavy atom. The van der Waals surface area contributed by atoms with Gasteiger partial charge < -0.3 is 4.90 Å². The van der Waals surface area contributed by atoms with E-state index in [4.69, 9.17) is 11.6 Å². The molecule has 5 rings (SSSR count). The van der Waals surface area contributed by atoms with Gasteiger partial charge in [0.2, 0.25) is 0 Å². The summed E-state index contributed by atoms with van der Waals surface area (Å²) in [4.78, 5) is 2.40. The Hall–Kier alpha value is -2.40. The van der Waals surface area contributed by atoms with Crippen LogP contribution in [0.4, 0.5) is 11.4 Å². The van der Waals surface area contributed by atoms with Crippen molar-refractivity contribution in [3.8, 4) is 0 Å². The molecular formula is C21H22ClN5. The molecule has 3 aromatic rings. The van der Waals surface area contributed by atoms with Crippen molar-refractivity contribution in [2.45, 2.75) is 44.4 Å². The van der Waals surface area contributed by atoms with Gasteiger partial charge in [0.1, 0.15) is 0 Å². The first-order valence-electron chi connectivity index (χ1n) is 9.58. The van der Waals surface area contributed by atoms with Gasteiger partial charge in [-0.1, -0.05) is 47.4 Å². The quantitative estimate of drug-likeness (QED) is 0.715. The fourth-order valence-electron chi connectivity index (χ4n) is 4.93. The summed E-state index contributed by atoms with van der Waals surface area (Å²) < 4.78 is 0. The minimum absolute atomic E-state index is 0.0875. The molecule has 6 heteroatoms. The van der Waals surface area contributed by atoms with Gasteiger partial charge in [-0.25, -0.2) is 0 Å². The molecular weight excluding hydrogens is 358 g/mol. The highest BCUT2D eigenvalue weighted by molar-refractivity contribution is 6.30. The van der Waals surface area contributed by atoms with Gasteiger partial charge in [0.25, 0.3) is 0 Å². The lowest BCUT2D eigenvalue weighted by molar-refractivity contribution is 0.525. The molecule has 2 heterocycles. The van der Waals surface area contributed by atoms with Gasteiger partial charge in [-0.05, 0) is 55.2 Å². The van der Waals surface area contributed by atoms with Gasteiger partial charge in [-0.3, -0.25) is 0 Å². The van der Waals surface area contributed by atoms with Crippen LogP contribution >= 0.6 is 11.6 Å². The average molecular weight is 380 g/mol. The van der Waals surface area contributed by atoms with Crippen molar-refractivity contribution in [2.24, 2.45) is 0 Å². The number of aryl methyl sites for hydroxylation is 1. The molecule has 2 aliphatic rings. The number of fused-ring (bicyclic) bond motifs is 4. The van der Waals surface area contributed by atoms with Crippen molar-refractivity contribution >= 4 is 23.0 Å². The van der Waals surface area contributed by atoms with Gasteiger partial charge in [-0.2, -0.15) is 5.21 Å². The van der Waals surface area contributed by atoms with Crippen LogP contribution in [0.25, 0.3) is 0 Å². The first-order valence-corrected chi connectivity index (χ1v) is 9.96. The van der Waals surface area contributed by atoms with E-state index < -0.39 is 0 Å². The number of benzene rings is 2. The maximum atomic E-state index is 6.45. The number of anilines is 2. The van der Waals surface area contributed by atoms with Crippen molar-refractivity contribution in [2.75, 3.05) is 11.4 Å². The Kier molecular flexibility index (Phi) is 3.93. The van der Waals surface area contributed by atoms with Gasteiger partial charge >= 0.3 is 0 Å². The van der Waals surface area contributed by atoms with E-state index in [1.807, 2.05) is 6.07 Å². The van der Waals surface area contributed by atoms with Crippen molar-refractivity contribution in [1.82, 2.24) is 20.6 Å². The average Bonchev–Trinajstić information content (AvgIpc) is 3.35. The SMILES string of the molecule is Cc1ccc2c(c1)C1(CCCC1)c1cc(Cl)ccc1N2CCc1nn[nH]n1. The molecule has 5 nitrogen and oxygen atoms in total. The molecule has 1 aliphatic carbocycles. The largest absolute Gasteiger partial charge is 0.341 e. The molecule has 1 N–H and O–H groups in total. The molecule has 0 unspecified atom stereocenters. The molecule has 1 spiro atoms. The summed E-state index contributed by atoms with van der Waals surface area (Å²) in [6.07, 6.45) is 5.65. The number of hydrogen-bond acceptors (Lipinski definition) is 4. The van der Waals surface area contributed by atoms with E-state index >= 15 is 0 Å². The number of H-pyrrole nitrogens is 1. The fourth-order valence-corrected chi connectivity index (χ4v) is 5.10. The Morgan fingerprint density at radius 2 is 1.81 bits per heavy atom. The molecule has 1 aromatic heterocycles. The van der Waals surface area contributed by atoms with Crippen LogP contribution in [0.1, 0.15) is 48.2 Å². The van der Waals surface area contributed by atoms with Crippen molar-refractivity contribution in [3.63, 3.8) is 0 Å². The summed E-state index contributed by atoms with van der Waals surface area (Å²) in [7, 11) is 0. The van der Waals surface area contributed by atoms with Crippen LogP contribution in [-0.2, 0) is 11.8 Å². The van der Waals surface area contributed by atoms with E-state index in [9.17, 15) is 0 Å². The summed E-state index contributed by atoms with van der Waals surface area (Å²) in [5.41, 5.74) is 6.79. The van der Waals surface area contributed by atoms with Crippen LogP contribution in [0.5, 0.6) is 0 Å². The summed E-state index contributed by atoms with van der Waals surface area (Å²) in [6, 6.07) is 13.2. The van der Waals surface area contributed by atoms with Crippen LogP contribution in [-0.4, -0.2) is 27.2 Å². The van der Waals surface area contributed by atoms with Gasteiger partial charge in [0.15, 0.2) is 5.82 Å². The number of nitrogens with one attached hydrogen (secondary N) is 1. The number of halogens is 1. The Bertz CT molecular complexity index is 921. The molecule has 1 aliphatic heterocycles. The van der Waals surface area contributed by atoms with Gasteiger partial charge in [-0.15, -0.1) is 10.2 Å². The molecule has 1 fully saturated rings. The normalized spacial score (nSPS) is 17.2. The van der Waals surface area contributed by atoms with E-state index in [2.05, 4.69) is 62.8 Å². The second kappa shape index (κ2) is 6.34. The lowest BCUT2D eigenvalue weighted by Gasteiger charge is -2.44. The zero-order valence-electron chi connectivity index (χ0n) is 15.4. The zero-order chi connectivity index (χ0) is 18.4. The minimum atomic E-state index is 0.0875. The van der Waals surface area contributed by atoms with Crippen LogP contribution in [0.2, 0.25) is 5.02 Å². The Morgan fingerprint density at radius 1 is 1.07 bits per heavy atom. The molecule has 0 atom stereocenters. The highest BCUT2D eigenvalue weighted by Crippen LogP contribution is 2.56. The number of nitrogens with zero attached hydrogens (tertiary/aromatic N) is 4. The van der Waals surface area contributed by atoms with E-state index in [1.54, 1.807) is 0 Å². The second-order valence-corrected chi connectivity index (χ2v) is 8.14. The molecule has 2 aromatic carbocycles. The standard InChI is InChI=1S/C21H22ClN5/c1-14-4-6-18-16(12-14)21(9-2-3-10-21)17-13-15(22)5-7-19(17)27(18)11-8-20-23-25-26-24-20/h4-7,12-13H,2-3,8-11H2,1H3,(H,23,24,25,26). The lowest BCUT2D eigenvalue weighted by Crippen LogP contribution is -2.36. The molecule has 0 radical (unpaired) electrons. The van der Waals surface area contributed by atoms with Gasteiger partial charge in [0, 0.05) is 34.8 Å². The van der Waals surface area contributed by atoms with Crippen LogP contribution < -0.4 is 4.90 Å².